The third-order valence-corrected chi connectivity index (χ3v) is 2.76. The van der Waals surface area contributed by atoms with Gasteiger partial charge in [-0.2, -0.15) is 0 Å². The molecule has 0 aromatic carbocycles. The van der Waals surface area contributed by atoms with Crippen LogP contribution in [0.4, 0.5) is 0 Å². The molecule has 0 saturated heterocycles. The summed E-state index contributed by atoms with van der Waals surface area (Å²) in [6.45, 7) is 10.1. The molecular formula is C11H23N. The molecule has 0 aliphatic carbocycles. The second-order valence-electron chi connectivity index (χ2n) is 3.60. The van der Waals surface area contributed by atoms with Crippen molar-refractivity contribution in [2.75, 3.05) is 13.6 Å². The van der Waals surface area contributed by atoms with Gasteiger partial charge in [-0.25, -0.2) is 0 Å². The summed E-state index contributed by atoms with van der Waals surface area (Å²) in [5, 5.41) is 0. The maximum absolute atomic E-state index is 2.40. The molecule has 0 aliphatic rings. The SMILES string of the molecule is C/C=C\CC(C)C(C)N(C)CC. The van der Waals surface area contributed by atoms with Gasteiger partial charge in [0.25, 0.3) is 0 Å². The van der Waals surface area contributed by atoms with E-state index in [1.807, 2.05) is 0 Å². The van der Waals surface area contributed by atoms with Crippen LogP contribution in [0.1, 0.15) is 34.1 Å². The van der Waals surface area contributed by atoms with Gasteiger partial charge in [0.2, 0.25) is 0 Å². The van der Waals surface area contributed by atoms with Crippen LogP contribution in [0, 0.1) is 5.92 Å². The third kappa shape index (κ3) is 3.91. The van der Waals surface area contributed by atoms with E-state index in [0.717, 1.165) is 12.5 Å². The zero-order chi connectivity index (χ0) is 9.56. The van der Waals surface area contributed by atoms with Gasteiger partial charge in [-0.15, -0.1) is 0 Å². The highest BCUT2D eigenvalue weighted by molar-refractivity contribution is 4.82. The zero-order valence-corrected chi connectivity index (χ0v) is 9.17. The van der Waals surface area contributed by atoms with Crippen molar-refractivity contribution < 1.29 is 0 Å². The Labute approximate surface area is 77.5 Å². The van der Waals surface area contributed by atoms with Crippen molar-refractivity contribution in [1.29, 1.82) is 0 Å². The minimum Gasteiger partial charge on any atom is -0.304 e. The fourth-order valence-electron chi connectivity index (χ4n) is 1.27. The first-order valence-electron chi connectivity index (χ1n) is 4.94. The molecule has 0 aromatic heterocycles. The number of nitrogens with zero attached hydrogens (tertiary/aromatic N) is 1. The van der Waals surface area contributed by atoms with Crippen LogP contribution in [0.2, 0.25) is 0 Å². The van der Waals surface area contributed by atoms with Gasteiger partial charge in [0.15, 0.2) is 0 Å². The molecule has 1 nitrogen and oxygen atoms in total. The second-order valence-corrected chi connectivity index (χ2v) is 3.60. The summed E-state index contributed by atoms with van der Waals surface area (Å²) in [5.74, 6) is 0.756. The van der Waals surface area contributed by atoms with Crippen molar-refractivity contribution in [3.63, 3.8) is 0 Å². The average molecular weight is 169 g/mol. The van der Waals surface area contributed by atoms with Crippen LogP contribution >= 0.6 is 0 Å². The van der Waals surface area contributed by atoms with Gasteiger partial charge in [-0.3, -0.25) is 0 Å². The van der Waals surface area contributed by atoms with E-state index in [4.69, 9.17) is 0 Å². The predicted octanol–water partition coefficient (Wildman–Crippen LogP) is 2.93. The molecule has 0 radical (unpaired) electrons. The molecule has 2 unspecified atom stereocenters. The third-order valence-electron chi connectivity index (χ3n) is 2.76. The van der Waals surface area contributed by atoms with Gasteiger partial charge in [-0.05, 0) is 39.8 Å². The maximum Gasteiger partial charge on any atom is 0.00923 e. The van der Waals surface area contributed by atoms with Gasteiger partial charge < -0.3 is 4.90 Å². The lowest BCUT2D eigenvalue weighted by atomic mass is 9.98. The van der Waals surface area contributed by atoms with Gasteiger partial charge in [-0.1, -0.05) is 26.0 Å². The summed E-state index contributed by atoms with van der Waals surface area (Å²) in [5.41, 5.74) is 0. The van der Waals surface area contributed by atoms with Gasteiger partial charge in [0, 0.05) is 6.04 Å². The van der Waals surface area contributed by atoms with E-state index < -0.39 is 0 Å². The maximum atomic E-state index is 2.40. The summed E-state index contributed by atoms with van der Waals surface area (Å²) in [6, 6.07) is 0.686. The van der Waals surface area contributed by atoms with Crippen molar-refractivity contribution in [2.45, 2.75) is 40.2 Å². The van der Waals surface area contributed by atoms with Gasteiger partial charge >= 0.3 is 0 Å². The van der Waals surface area contributed by atoms with Crippen molar-refractivity contribution in [3.8, 4) is 0 Å². The molecule has 12 heavy (non-hydrogen) atoms. The molecular weight excluding hydrogens is 146 g/mol. The molecule has 72 valence electrons. The first-order chi connectivity index (χ1) is 5.63. The molecule has 0 rings (SSSR count). The molecule has 1 heteroatoms. The van der Waals surface area contributed by atoms with Crippen LogP contribution in [-0.2, 0) is 0 Å². The Morgan fingerprint density at radius 2 is 1.92 bits per heavy atom. The van der Waals surface area contributed by atoms with Crippen LogP contribution in [-0.4, -0.2) is 24.5 Å². The normalized spacial score (nSPS) is 17.2. The Hall–Kier alpha value is -0.300. The first-order valence-corrected chi connectivity index (χ1v) is 4.94. The van der Waals surface area contributed by atoms with E-state index in [9.17, 15) is 0 Å². The van der Waals surface area contributed by atoms with Crippen LogP contribution < -0.4 is 0 Å². The van der Waals surface area contributed by atoms with Gasteiger partial charge in [0.05, 0.1) is 0 Å². The number of rotatable bonds is 5. The predicted molar refractivity (Wildman–Crippen MR) is 56.4 cm³/mol. The van der Waals surface area contributed by atoms with Crippen LogP contribution in [0.5, 0.6) is 0 Å². The van der Waals surface area contributed by atoms with E-state index in [2.05, 4.69) is 51.8 Å². The Bertz CT molecular complexity index is 129. The van der Waals surface area contributed by atoms with Crippen LogP contribution in [0.3, 0.4) is 0 Å². The number of hydrogen-bond donors (Lipinski definition) is 0. The lowest BCUT2D eigenvalue weighted by Gasteiger charge is -2.28. The van der Waals surface area contributed by atoms with E-state index in [1.165, 1.54) is 6.42 Å². The van der Waals surface area contributed by atoms with Crippen molar-refractivity contribution >= 4 is 0 Å². The highest BCUT2D eigenvalue weighted by Crippen LogP contribution is 2.13. The van der Waals surface area contributed by atoms with Gasteiger partial charge in [0.1, 0.15) is 0 Å². The Morgan fingerprint density at radius 1 is 1.33 bits per heavy atom. The Balaban J connectivity index is 3.82. The van der Waals surface area contributed by atoms with E-state index in [-0.39, 0.29) is 0 Å². The zero-order valence-electron chi connectivity index (χ0n) is 9.17. The molecule has 0 bridgehead atoms. The summed E-state index contributed by atoms with van der Waals surface area (Å²) >= 11 is 0. The van der Waals surface area contributed by atoms with Crippen LogP contribution in [0.25, 0.3) is 0 Å². The number of hydrogen-bond acceptors (Lipinski definition) is 1. The summed E-state index contributed by atoms with van der Waals surface area (Å²) in [4.78, 5) is 2.40. The van der Waals surface area contributed by atoms with E-state index in [1.54, 1.807) is 0 Å². The molecule has 2 atom stereocenters. The highest BCUT2D eigenvalue weighted by atomic mass is 15.1. The Kier molecular flexibility index (Phi) is 6.09. The summed E-state index contributed by atoms with van der Waals surface area (Å²) in [6.07, 6.45) is 5.59. The smallest absolute Gasteiger partial charge is 0.00923 e. The summed E-state index contributed by atoms with van der Waals surface area (Å²) < 4.78 is 0. The molecule has 0 heterocycles. The summed E-state index contributed by atoms with van der Waals surface area (Å²) in [7, 11) is 2.19. The van der Waals surface area contributed by atoms with E-state index >= 15 is 0 Å². The largest absolute Gasteiger partial charge is 0.304 e. The van der Waals surface area contributed by atoms with Crippen molar-refractivity contribution in [3.05, 3.63) is 12.2 Å². The molecule has 0 fully saturated rings. The molecule has 0 spiro atoms. The number of allylic oxidation sites excluding steroid dienone is 2. The van der Waals surface area contributed by atoms with Crippen LogP contribution in [0.15, 0.2) is 12.2 Å². The highest BCUT2D eigenvalue weighted by Gasteiger charge is 2.13. The molecule has 0 N–H and O–H groups in total. The average Bonchev–Trinajstić information content (AvgIpc) is 2.11. The lowest BCUT2D eigenvalue weighted by molar-refractivity contribution is 0.209. The van der Waals surface area contributed by atoms with E-state index in [0.29, 0.717) is 6.04 Å². The minimum absolute atomic E-state index is 0.686. The molecule has 0 saturated carbocycles. The standard InChI is InChI=1S/C11H23N/c1-6-8-9-10(3)11(4)12(5)7-2/h6,8,10-11H,7,9H2,1-5H3/b8-6-. The quantitative estimate of drug-likeness (QED) is 0.572. The minimum atomic E-state index is 0.686. The molecule has 0 aliphatic heterocycles. The lowest BCUT2D eigenvalue weighted by Crippen LogP contribution is -2.33. The Morgan fingerprint density at radius 3 is 2.33 bits per heavy atom. The second kappa shape index (κ2) is 6.24. The molecule has 0 amide bonds. The fourth-order valence-corrected chi connectivity index (χ4v) is 1.27. The monoisotopic (exact) mass is 169 g/mol. The topological polar surface area (TPSA) is 3.24 Å². The van der Waals surface area contributed by atoms with Crippen molar-refractivity contribution in [2.24, 2.45) is 5.92 Å². The molecule has 0 aromatic rings. The fraction of sp³-hybridized carbons (Fsp3) is 0.818. The van der Waals surface area contributed by atoms with Crippen molar-refractivity contribution in [1.82, 2.24) is 4.90 Å². The first kappa shape index (κ1) is 11.7.